The molecule has 2 rings (SSSR count). The lowest BCUT2D eigenvalue weighted by Gasteiger charge is -2.13. The summed E-state index contributed by atoms with van der Waals surface area (Å²) in [6.45, 7) is 1.31. The van der Waals surface area contributed by atoms with E-state index in [1.165, 1.54) is 25.1 Å². The van der Waals surface area contributed by atoms with Gasteiger partial charge in [0.2, 0.25) is 0 Å². The Labute approximate surface area is 130 Å². The fourth-order valence-electron chi connectivity index (χ4n) is 1.80. The van der Waals surface area contributed by atoms with Gasteiger partial charge in [0.1, 0.15) is 4.90 Å². The summed E-state index contributed by atoms with van der Waals surface area (Å²) in [6, 6.07) is 8.73. The molecular formula is C15H11F3O4S. The molecule has 0 aliphatic carbocycles. The third-order valence-electron chi connectivity index (χ3n) is 2.94. The first kappa shape index (κ1) is 17.0. The lowest BCUT2D eigenvalue weighted by molar-refractivity contribution is -0.138. The van der Waals surface area contributed by atoms with Gasteiger partial charge < -0.3 is 4.18 Å². The molecule has 0 bridgehead atoms. The topological polar surface area (TPSA) is 60.4 Å². The molecule has 0 spiro atoms. The van der Waals surface area contributed by atoms with Crippen LogP contribution in [-0.2, 0) is 16.3 Å². The van der Waals surface area contributed by atoms with Crippen molar-refractivity contribution in [1.29, 1.82) is 0 Å². The zero-order chi connectivity index (χ0) is 17.3. The molecule has 0 N–H and O–H groups in total. The second kappa shape index (κ2) is 6.04. The molecule has 0 saturated carbocycles. The van der Waals surface area contributed by atoms with Crippen molar-refractivity contribution in [2.24, 2.45) is 0 Å². The van der Waals surface area contributed by atoms with Crippen LogP contribution in [0.4, 0.5) is 13.2 Å². The molecule has 0 aliphatic rings. The van der Waals surface area contributed by atoms with Gasteiger partial charge in [0.15, 0.2) is 11.5 Å². The number of Topliss-reactive ketones (excluding diaryl/α,β-unsaturated/α-hetero) is 1. The van der Waals surface area contributed by atoms with Gasteiger partial charge in [-0.1, -0.05) is 24.3 Å². The molecule has 0 aromatic heterocycles. The van der Waals surface area contributed by atoms with E-state index in [0.29, 0.717) is 0 Å². The number of benzene rings is 2. The molecule has 122 valence electrons. The summed E-state index contributed by atoms with van der Waals surface area (Å²) >= 11 is 0. The summed E-state index contributed by atoms with van der Waals surface area (Å²) < 4.78 is 67.4. The Hall–Kier alpha value is -2.35. The highest BCUT2D eigenvalue weighted by Gasteiger charge is 2.35. The zero-order valence-electron chi connectivity index (χ0n) is 11.8. The van der Waals surface area contributed by atoms with Crippen LogP contribution in [-0.4, -0.2) is 14.2 Å². The van der Waals surface area contributed by atoms with E-state index < -0.39 is 27.6 Å². The van der Waals surface area contributed by atoms with Gasteiger partial charge >= 0.3 is 16.3 Å². The molecule has 0 atom stereocenters. The lowest BCUT2D eigenvalue weighted by atomic mass is 10.2. The fraction of sp³-hybridized carbons (Fsp3) is 0.133. The summed E-state index contributed by atoms with van der Waals surface area (Å²) in [6.07, 6.45) is -4.75. The number of alkyl halides is 3. The van der Waals surface area contributed by atoms with E-state index in [1.807, 2.05) is 0 Å². The first-order valence-electron chi connectivity index (χ1n) is 6.33. The summed E-state index contributed by atoms with van der Waals surface area (Å²) in [4.78, 5) is 10.8. The summed E-state index contributed by atoms with van der Waals surface area (Å²) in [7, 11) is -4.45. The molecule has 2 aromatic carbocycles. The van der Waals surface area contributed by atoms with Crippen LogP contribution in [0.1, 0.15) is 22.8 Å². The summed E-state index contributed by atoms with van der Waals surface area (Å²) in [5.74, 6) is -1.08. The first-order valence-corrected chi connectivity index (χ1v) is 7.74. The van der Waals surface area contributed by atoms with Gasteiger partial charge in [-0.25, -0.2) is 0 Å². The number of hydrogen-bond acceptors (Lipinski definition) is 4. The third-order valence-corrected chi connectivity index (χ3v) is 4.19. The van der Waals surface area contributed by atoms with Gasteiger partial charge in [-0.3, -0.25) is 4.79 Å². The highest BCUT2D eigenvalue weighted by molar-refractivity contribution is 7.87. The maximum absolute atomic E-state index is 12.9. The fourth-order valence-corrected chi connectivity index (χ4v) is 2.74. The molecule has 8 heteroatoms. The van der Waals surface area contributed by atoms with Gasteiger partial charge in [-0.15, -0.1) is 0 Å². The van der Waals surface area contributed by atoms with E-state index in [-0.39, 0.29) is 16.2 Å². The molecule has 0 saturated heterocycles. The van der Waals surface area contributed by atoms with Crippen LogP contribution < -0.4 is 4.18 Å². The predicted octanol–water partition coefficient (Wildman–Crippen LogP) is 3.68. The maximum Gasteiger partial charge on any atom is 0.420 e. The van der Waals surface area contributed by atoms with E-state index in [0.717, 1.165) is 30.3 Å². The van der Waals surface area contributed by atoms with Gasteiger partial charge in [0.05, 0.1) is 5.56 Å². The van der Waals surface area contributed by atoms with E-state index in [2.05, 4.69) is 4.18 Å². The average Bonchev–Trinajstić information content (AvgIpc) is 2.46. The molecule has 0 aliphatic heterocycles. The van der Waals surface area contributed by atoms with E-state index >= 15 is 0 Å². The molecule has 23 heavy (non-hydrogen) atoms. The second-order valence-electron chi connectivity index (χ2n) is 4.61. The minimum absolute atomic E-state index is 0.266. The Morgan fingerprint density at radius 2 is 1.57 bits per heavy atom. The molecule has 0 radical (unpaired) electrons. The van der Waals surface area contributed by atoms with Crippen molar-refractivity contribution in [3.63, 3.8) is 0 Å². The number of para-hydroxylation sites is 1. The van der Waals surface area contributed by atoms with Crippen molar-refractivity contribution in [2.75, 3.05) is 0 Å². The summed E-state index contributed by atoms with van der Waals surface area (Å²) in [5, 5.41) is 0. The van der Waals surface area contributed by atoms with Crippen molar-refractivity contribution in [2.45, 2.75) is 18.0 Å². The Morgan fingerprint density at radius 1 is 1.00 bits per heavy atom. The maximum atomic E-state index is 12.9. The van der Waals surface area contributed by atoms with Crippen molar-refractivity contribution >= 4 is 15.9 Å². The lowest BCUT2D eigenvalue weighted by Crippen LogP contribution is -2.14. The van der Waals surface area contributed by atoms with Crippen molar-refractivity contribution in [3.05, 3.63) is 59.7 Å². The number of carbonyl (C=O) groups excluding carboxylic acids is 1. The molecule has 4 nitrogen and oxygen atoms in total. The van der Waals surface area contributed by atoms with Crippen LogP contribution >= 0.6 is 0 Å². The third kappa shape index (κ3) is 3.89. The van der Waals surface area contributed by atoms with Crippen LogP contribution in [0.2, 0.25) is 0 Å². The van der Waals surface area contributed by atoms with Crippen LogP contribution in [0.15, 0.2) is 53.4 Å². The largest absolute Gasteiger partial charge is 0.420 e. The van der Waals surface area contributed by atoms with Gasteiger partial charge in [0.25, 0.3) is 0 Å². The van der Waals surface area contributed by atoms with Gasteiger partial charge in [-0.05, 0) is 31.2 Å². The number of ketones is 1. The SMILES string of the molecule is CC(=O)c1ccc(S(=O)(=O)Oc2ccccc2C(F)(F)F)cc1. The number of rotatable bonds is 4. The zero-order valence-corrected chi connectivity index (χ0v) is 12.6. The Morgan fingerprint density at radius 3 is 2.09 bits per heavy atom. The van der Waals surface area contributed by atoms with Crippen LogP contribution in [0.25, 0.3) is 0 Å². The van der Waals surface area contributed by atoms with Crippen LogP contribution in [0.3, 0.4) is 0 Å². The number of hydrogen-bond donors (Lipinski definition) is 0. The number of halogens is 3. The predicted molar refractivity (Wildman–Crippen MR) is 75.7 cm³/mol. The smallest absolute Gasteiger partial charge is 0.378 e. The van der Waals surface area contributed by atoms with E-state index in [4.69, 9.17) is 0 Å². The monoisotopic (exact) mass is 344 g/mol. The Balaban J connectivity index is 2.38. The molecule has 0 amide bonds. The standard InChI is InChI=1S/C15H11F3O4S/c1-10(19)11-6-8-12(9-7-11)23(20,21)22-14-5-3-2-4-13(14)15(16,17)18/h2-9H,1H3. The molecule has 0 heterocycles. The average molecular weight is 344 g/mol. The highest BCUT2D eigenvalue weighted by Crippen LogP contribution is 2.37. The highest BCUT2D eigenvalue weighted by atomic mass is 32.2. The van der Waals surface area contributed by atoms with Crippen molar-refractivity contribution in [1.82, 2.24) is 0 Å². The van der Waals surface area contributed by atoms with E-state index in [9.17, 15) is 26.4 Å². The Kier molecular flexibility index (Phi) is 4.46. The quantitative estimate of drug-likeness (QED) is 0.627. The van der Waals surface area contributed by atoms with Crippen molar-refractivity contribution < 1.29 is 30.6 Å². The van der Waals surface area contributed by atoms with Crippen molar-refractivity contribution in [3.8, 4) is 5.75 Å². The molecule has 0 unspecified atom stereocenters. The number of carbonyl (C=O) groups is 1. The van der Waals surface area contributed by atoms with Gasteiger partial charge in [-0.2, -0.15) is 21.6 Å². The molecular weight excluding hydrogens is 333 g/mol. The van der Waals surface area contributed by atoms with Crippen LogP contribution in [0, 0.1) is 0 Å². The Bertz CT molecular complexity index is 825. The first-order chi connectivity index (χ1) is 10.6. The van der Waals surface area contributed by atoms with Crippen LogP contribution in [0.5, 0.6) is 5.75 Å². The minimum Gasteiger partial charge on any atom is -0.378 e. The molecule has 2 aromatic rings. The van der Waals surface area contributed by atoms with Gasteiger partial charge in [0, 0.05) is 5.56 Å². The summed E-state index contributed by atoms with van der Waals surface area (Å²) in [5.41, 5.74) is -0.913. The second-order valence-corrected chi connectivity index (χ2v) is 6.16. The minimum atomic E-state index is -4.75. The molecule has 0 fully saturated rings. The normalized spacial score (nSPS) is 12.0. The van der Waals surface area contributed by atoms with E-state index in [1.54, 1.807) is 0 Å².